The van der Waals surface area contributed by atoms with E-state index in [1.54, 1.807) is 11.8 Å². The summed E-state index contributed by atoms with van der Waals surface area (Å²) < 4.78 is 26.0. The molecule has 0 bridgehead atoms. The molecule has 4 nitrogen and oxygen atoms in total. The Morgan fingerprint density at radius 3 is 2.88 bits per heavy atom. The van der Waals surface area contributed by atoms with Crippen molar-refractivity contribution in [2.24, 2.45) is 0 Å². The van der Waals surface area contributed by atoms with Crippen LogP contribution in [0, 0.1) is 0 Å². The fourth-order valence-electron chi connectivity index (χ4n) is 1.82. The monoisotopic (exact) mass is 266 g/mol. The molecule has 0 aliphatic carbocycles. The summed E-state index contributed by atoms with van der Waals surface area (Å²) in [6, 6.07) is 0.156. The Labute approximate surface area is 103 Å². The van der Waals surface area contributed by atoms with Crippen LogP contribution in [0.1, 0.15) is 25.7 Å². The minimum atomic E-state index is -3.07. The van der Waals surface area contributed by atoms with Crippen molar-refractivity contribution in [1.82, 2.24) is 10.0 Å². The average Bonchev–Trinajstić information content (AvgIpc) is 2.69. The van der Waals surface area contributed by atoms with Gasteiger partial charge < -0.3 is 5.32 Å². The lowest BCUT2D eigenvalue weighted by Gasteiger charge is -2.11. The van der Waals surface area contributed by atoms with E-state index in [0.29, 0.717) is 6.54 Å². The molecule has 96 valence electrons. The van der Waals surface area contributed by atoms with Gasteiger partial charge in [0.25, 0.3) is 0 Å². The second-order valence-corrected chi connectivity index (χ2v) is 7.01. The van der Waals surface area contributed by atoms with Crippen LogP contribution in [0.5, 0.6) is 0 Å². The number of hydrogen-bond donors (Lipinski definition) is 2. The summed E-state index contributed by atoms with van der Waals surface area (Å²) in [5, 5.41) is 3.20. The molecule has 1 rings (SSSR count). The van der Waals surface area contributed by atoms with Gasteiger partial charge in [0, 0.05) is 12.6 Å². The minimum absolute atomic E-state index is 0.156. The topological polar surface area (TPSA) is 58.2 Å². The Kier molecular flexibility index (Phi) is 6.72. The standard InChI is InChI=1S/C10H22N2O2S2/c1-15-8-3-2-7-12-16(13,14)9-10-5-4-6-11-10/h10-12H,2-9H2,1H3. The van der Waals surface area contributed by atoms with Crippen molar-refractivity contribution in [3.05, 3.63) is 0 Å². The maximum absolute atomic E-state index is 11.7. The molecule has 1 fully saturated rings. The van der Waals surface area contributed by atoms with Crippen LogP contribution in [0.2, 0.25) is 0 Å². The Hall–Kier alpha value is 0.220. The lowest BCUT2D eigenvalue weighted by molar-refractivity contribution is 0.561. The van der Waals surface area contributed by atoms with E-state index in [9.17, 15) is 8.42 Å². The normalized spacial score (nSPS) is 21.4. The van der Waals surface area contributed by atoms with E-state index in [1.807, 2.05) is 0 Å². The molecular formula is C10H22N2O2S2. The van der Waals surface area contributed by atoms with Gasteiger partial charge in [-0.3, -0.25) is 0 Å². The van der Waals surface area contributed by atoms with Crippen LogP contribution in [-0.2, 0) is 10.0 Å². The fourth-order valence-corrected chi connectivity index (χ4v) is 3.70. The predicted molar refractivity (Wildman–Crippen MR) is 70.4 cm³/mol. The van der Waals surface area contributed by atoms with Gasteiger partial charge in [0.1, 0.15) is 0 Å². The largest absolute Gasteiger partial charge is 0.313 e. The summed E-state index contributed by atoms with van der Waals surface area (Å²) >= 11 is 1.80. The second-order valence-electron chi connectivity index (χ2n) is 4.17. The van der Waals surface area contributed by atoms with Gasteiger partial charge in [0.15, 0.2) is 0 Å². The average molecular weight is 266 g/mol. The van der Waals surface area contributed by atoms with Gasteiger partial charge in [-0.05, 0) is 44.2 Å². The Balaban J connectivity index is 2.13. The third kappa shape index (κ3) is 6.08. The van der Waals surface area contributed by atoms with E-state index in [0.717, 1.165) is 38.0 Å². The summed E-state index contributed by atoms with van der Waals surface area (Å²) in [5.74, 6) is 1.33. The summed E-state index contributed by atoms with van der Waals surface area (Å²) in [7, 11) is -3.07. The predicted octanol–water partition coefficient (Wildman–Crippen LogP) is 0.801. The van der Waals surface area contributed by atoms with Gasteiger partial charge in [-0.1, -0.05) is 0 Å². The molecular weight excluding hydrogens is 244 g/mol. The van der Waals surface area contributed by atoms with Crippen LogP contribution >= 0.6 is 11.8 Å². The number of thioether (sulfide) groups is 1. The fraction of sp³-hybridized carbons (Fsp3) is 1.00. The highest BCUT2D eigenvalue weighted by Gasteiger charge is 2.21. The molecule has 1 aliphatic rings. The third-order valence-electron chi connectivity index (χ3n) is 2.68. The molecule has 2 N–H and O–H groups in total. The summed E-state index contributed by atoms with van der Waals surface area (Å²) in [6.07, 6.45) is 6.14. The first-order valence-corrected chi connectivity index (χ1v) is 8.88. The van der Waals surface area contributed by atoms with E-state index in [2.05, 4.69) is 16.3 Å². The van der Waals surface area contributed by atoms with Crippen molar-refractivity contribution in [1.29, 1.82) is 0 Å². The van der Waals surface area contributed by atoms with Crippen molar-refractivity contribution in [3.63, 3.8) is 0 Å². The maximum atomic E-state index is 11.7. The van der Waals surface area contributed by atoms with E-state index in [1.165, 1.54) is 0 Å². The molecule has 1 aliphatic heterocycles. The molecule has 1 saturated heterocycles. The summed E-state index contributed by atoms with van der Waals surface area (Å²) in [5.41, 5.74) is 0. The first-order valence-electron chi connectivity index (χ1n) is 5.84. The van der Waals surface area contributed by atoms with Crippen LogP contribution in [0.3, 0.4) is 0 Å². The highest BCUT2D eigenvalue weighted by Crippen LogP contribution is 2.07. The van der Waals surface area contributed by atoms with Crippen molar-refractivity contribution in [2.45, 2.75) is 31.7 Å². The van der Waals surface area contributed by atoms with Crippen LogP contribution < -0.4 is 10.0 Å². The minimum Gasteiger partial charge on any atom is -0.313 e. The zero-order valence-corrected chi connectivity index (χ0v) is 11.5. The van der Waals surface area contributed by atoms with E-state index in [-0.39, 0.29) is 11.8 Å². The van der Waals surface area contributed by atoms with Crippen molar-refractivity contribution in [3.8, 4) is 0 Å². The number of nitrogens with one attached hydrogen (secondary N) is 2. The highest BCUT2D eigenvalue weighted by molar-refractivity contribution is 7.98. The van der Waals surface area contributed by atoms with Crippen molar-refractivity contribution in [2.75, 3.05) is 30.9 Å². The highest BCUT2D eigenvalue weighted by atomic mass is 32.2. The Morgan fingerprint density at radius 2 is 2.25 bits per heavy atom. The number of sulfonamides is 1. The molecule has 1 atom stereocenters. The van der Waals surface area contributed by atoms with Gasteiger partial charge in [-0.15, -0.1) is 0 Å². The molecule has 0 radical (unpaired) electrons. The molecule has 1 unspecified atom stereocenters. The first-order chi connectivity index (χ1) is 7.64. The molecule has 0 saturated carbocycles. The molecule has 16 heavy (non-hydrogen) atoms. The van der Waals surface area contributed by atoms with Gasteiger partial charge >= 0.3 is 0 Å². The van der Waals surface area contributed by atoms with Crippen molar-refractivity contribution < 1.29 is 8.42 Å². The van der Waals surface area contributed by atoms with Gasteiger partial charge in [0.05, 0.1) is 5.75 Å². The molecule has 0 amide bonds. The van der Waals surface area contributed by atoms with E-state index >= 15 is 0 Å². The number of unbranched alkanes of at least 4 members (excludes halogenated alkanes) is 1. The lowest BCUT2D eigenvalue weighted by Crippen LogP contribution is -2.36. The molecule has 0 aromatic carbocycles. The van der Waals surface area contributed by atoms with Crippen LogP contribution in [-0.4, -0.2) is 45.3 Å². The quantitative estimate of drug-likeness (QED) is 0.638. The molecule has 0 aromatic rings. The zero-order chi connectivity index (χ0) is 11.9. The third-order valence-corrected chi connectivity index (χ3v) is 4.86. The Bertz CT molecular complexity index is 275. The van der Waals surface area contributed by atoms with E-state index in [4.69, 9.17) is 0 Å². The molecule has 0 aromatic heterocycles. The SMILES string of the molecule is CSCCCCNS(=O)(=O)CC1CCCN1. The van der Waals surface area contributed by atoms with Gasteiger partial charge in [0.2, 0.25) is 10.0 Å². The van der Waals surface area contributed by atoms with Gasteiger partial charge in [-0.25, -0.2) is 13.1 Å². The lowest BCUT2D eigenvalue weighted by atomic mass is 10.3. The van der Waals surface area contributed by atoms with E-state index < -0.39 is 10.0 Å². The van der Waals surface area contributed by atoms with Crippen molar-refractivity contribution >= 4 is 21.8 Å². The number of hydrogen-bond acceptors (Lipinski definition) is 4. The molecule has 0 spiro atoms. The van der Waals surface area contributed by atoms with Crippen LogP contribution in [0.4, 0.5) is 0 Å². The number of rotatable bonds is 8. The summed E-state index contributed by atoms with van der Waals surface area (Å²) in [6.45, 7) is 1.53. The smallest absolute Gasteiger partial charge is 0.213 e. The maximum Gasteiger partial charge on any atom is 0.213 e. The van der Waals surface area contributed by atoms with Crippen LogP contribution in [0.25, 0.3) is 0 Å². The second kappa shape index (κ2) is 7.53. The summed E-state index contributed by atoms with van der Waals surface area (Å²) in [4.78, 5) is 0. The molecule has 1 heterocycles. The Morgan fingerprint density at radius 1 is 1.44 bits per heavy atom. The first kappa shape index (κ1) is 14.3. The van der Waals surface area contributed by atoms with Crippen LogP contribution in [0.15, 0.2) is 0 Å². The van der Waals surface area contributed by atoms with Gasteiger partial charge in [-0.2, -0.15) is 11.8 Å². The molecule has 6 heteroatoms. The zero-order valence-electron chi connectivity index (χ0n) is 9.87.